The van der Waals surface area contributed by atoms with E-state index in [0.29, 0.717) is 83.8 Å². The lowest BCUT2D eigenvalue weighted by Crippen LogP contribution is -2.36. The largest absolute Gasteiger partial charge is 0.481 e. The predicted octanol–water partition coefficient (Wildman–Crippen LogP) is 8.05. The summed E-state index contributed by atoms with van der Waals surface area (Å²) in [7, 11) is 1.47. The molecule has 2 fully saturated rings. The third-order valence-corrected chi connectivity index (χ3v) is 11.0. The van der Waals surface area contributed by atoms with Gasteiger partial charge < -0.3 is 20.3 Å². The average molecular weight is 775 g/mol. The van der Waals surface area contributed by atoms with Crippen LogP contribution in [0.2, 0.25) is 5.02 Å². The summed E-state index contributed by atoms with van der Waals surface area (Å²) >= 11 is 7.14. The SMILES string of the molecule is [2H]C([2H])([2H])N(Cc1ccc(-c2cccc(-c3cccc(Nc4nc(C(F)F)nc5cc(CN6CC[C@@H](O)C6)cnc45)c3C)c2Cl)nc1OC)C1CCC(C(=O)O)CC1. The molecular weight excluding hydrogens is 728 g/mol. The third-order valence-electron chi connectivity index (χ3n) is 10.6. The molecule has 7 rings (SSSR count). The van der Waals surface area contributed by atoms with Crippen molar-refractivity contribution in [3.8, 4) is 28.3 Å². The number of aromatic nitrogens is 4. The van der Waals surface area contributed by atoms with Gasteiger partial charge in [-0.15, -0.1) is 0 Å². The fourth-order valence-corrected chi connectivity index (χ4v) is 7.88. The van der Waals surface area contributed by atoms with E-state index in [9.17, 15) is 23.8 Å². The van der Waals surface area contributed by atoms with E-state index in [1.807, 2.05) is 43.3 Å². The number of pyridine rings is 2. The maximum atomic E-state index is 14.1. The Labute approximate surface area is 327 Å². The van der Waals surface area contributed by atoms with Gasteiger partial charge in [-0.05, 0) is 80.9 Å². The van der Waals surface area contributed by atoms with Gasteiger partial charge in [0.25, 0.3) is 6.43 Å². The summed E-state index contributed by atoms with van der Waals surface area (Å²) in [5.74, 6) is -1.58. The van der Waals surface area contributed by atoms with Gasteiger partial charge in [-0.25, -0.2) is 23.7 Å². The Bertz CT molecular complexity index is 2310. The van der Waals surface area contributed by atoms with Crippen LogP contribution in [-0.4, -0.2) is 85.2 Å². The van der Waals surface area contributed by atoms with Gasteiger partial charge in [-0.3, -0.25) is 19.6 Å². The molecule has 0 amide bonds. The lowest BCUT2D eigenvalue weighted by molar-refractivity contribution is -0.143. The number of carbonyl (C=O) groups is 1. The molecule has 55 heavy (non-hydrogen) atoms. The number of anilines is 2. The topological polar surface area (TPSA) is 137 Å². The number of likely N-dealkylation sites (tertiary alicyclic amines) is 1. The number of β-amino-alcohol motifs (C(OH)–C–C–N with tert-alkyl or cyclic N) is 1. The number of methoxy groups -OCH3 is 1. The highest BCUT2D eigenvalue weighted by molar-refractivity contribution is 6.36. The number of halogens is 3. The molecule has 11 nitrogen and oxygen atoms in total. The van der Waals surface area contributed by atoms with Gasteiger partial charge in [0, 0.05) is 64.9 Å². The molecule has 3 aromatic heterocycles. The summed E-state index contributed by atoms with van der Waals surface area (Å²) in [5.41, 5.74) is 5.87. The highest BCUT2D eigenvalue weighted by Crippen LogP contribution is 2.40. The normalized spacial score (nSPS) is 20.1. The molecule has 14 heteroatoms. The first kappa shape index (κ1) is 34.7. The van der Waals surface area contributed by atoms with Crippen molar-refractivity contribution >= 4 is 40.1 Å². The average Bonchev–Trinajstić information content (AvgIpc) is 3.61. The van der Waals surface area contributed by atoms with Crippen LogP contribution in [0.25, 0.3) is 33.4 Å². The van der Waals surface area contributed by atoms with Crippen molar-refractivity contribution in [3.63, 3.8) is 0 Å². The number of aliphatic carboxylic acids is 1. The lowest BCUT2D eigenvalue weighted by Gasteiger charge is -2.33. The van der Waals surface area contributed by atoms with Gasteiger partial charge in [0.15, 0.2) is 11.6 Å². The Morgan fingerprint density at radius 2 is 1.84 bits per heavy atom. The summed E-state index contributed by atoms with van der Waals surface area (Å²) in [6.07, 6.45) is 0.784. The van der Waals surface area contributed by atoms with Gasteiger partial charge in [-0.2, -0.15) is 0 Å². The standard InChI is InChI=1S/C41H44ClF2N7O4/c1-23-29(6-5-9-32(23)46-38-36-34(47-39(49-38)37(43)44)18-24(19-45-36)20-51-17-16-28(52)22-51)30-7-4-8-31(35(30)42)33-15-12-26(40(48-33)55-3)21-50(2)27-13-10-25(11-14-27)41(53)54/h4-9,12,15,18-19,25,27-28,37,52H,10-11,13-14,16-17,20-22H2,1-3H3,(H,53,54)(H,46,47,49)/t25?,27?,28-/m1/s1/i2D3. The van der Waals surface area contributed by atoms with Crippen LogP contribution in [0.4, 0.5) is 20.3 Å². The quantitative estimate of drug-likeness (QED) is 0.114. The van der Waals surface area contributed by atoms with Crippen LogP contribution < -0.4 is 10.1 Å². The zero-order valence-electron chi connectivity index (χ0n) is 33.5. The minimum atomic E-state index is -2.91. The molecule has 3 N–H and O–H groups in total. The van der Waals surface area contributed by atoms with E-state index < -0.39 is 31.1 Å². The number of rotatable bonds is 12. The third kappa shape index (κ3) is 8.40. The van der Waals surface area contributed by atoms with E-state index >= 15 is 0 Å². The van der Waals surface area contributed by atoms with Crippen molar-refractivity contribution in [2.75, 3.05) is 32.5 Å². The number of carboxylic acids is 1. The number of nitrogens with zero attached hydrogens (tertiary/aromatic N) is 6. The van der Waals surface area contributed by atoms with E-state index in [2.05, 4.69) is 25.2 Å². The summed E-state index contributed by atoms with van der Waals surface area (Å²) in [6, 6.07) is 16.0. The Kier molecular flexibility index (Phi) is 10.4. The zero-order chi connectivity index (χ0) is 41.3. The molecule has 1 aliphatic carbocycles. The molecule has 1 aliphatic heterocycles. The second kappa shape index (κ2) is 16.5. The Morgan fingerprint density at radius 1 is 1.07 bits per heavy atom. The summed E-state index contributed by atoms with van der Waals surface area (Å²) < 4.78 is 58.6. The first-order chi connectivity index (χ1) is 27.7. The first-order valence-electron chi connectivity index (χ1n) is 19.7. The number of hydrogen-bond acceptors (Lipinski definition) is 10. The molecular formula is C41H44ClF2N7O4. The Morgan fingerprint density at radius 3 is 2.55 bits per heavy atom. The van der Waals surface area contributed by atoms with Crippen LogP contribution in [0.15, 0.2) is 60.8 Å². The van der Waals surface area contributed by atoms with Gasteiger partial charge in [0.1, 0.15) is 5.52 Å². The Hall–Kier alpha value is -4.82. The van der Waals surface area contributed by atoms with Crippen molar-refractivity contribution in [2.24, 2.45) is 5.92 Å². The summed E-state index contributed by atoms with van der Waals surface area (Å²) in [6.45, 7) is 1.26. The molecule has 288 valence electrons. The number of nitrogens with one attached hydrogen (secondary N) is 1. The van der Waals surface area contributed by atoms with E-state index in [-0.39, 0.29) is 35.9 Å². The van der Waals surface area contributed by atoms with E-state index in [0.717, 1.165) is 23.2 Å². The summed E-state index contributed by atoms with van der Waals surface area (Å²) in [4.78, 5) is 32.6. The van der Waals surface area contributed by atoms with Gasteiger partial charge in [-0.1, -0.05) is 48.0 Å². The number of carboxylic acid groups (broad SMARTS) is 1. The summed E-state index contributed by atoms with van der Waals surface area (Å²) in [5, 5.41) is 23.0. The fraction of sp³-hybridized carbons (Fsp3) is 0.390. The maximum absolute atomic E-state index is 14.1. The number of hydrogen-bond donors (Lipinski definition) is 3. The van der Waals surface area contributed by atoms with Gasteiger partial charge in [0.2, 0.25) is 5.88 Å². The molecule has 5 aromatic rings. The minimum Gasteiger partial charge on any atom is -0.481 e. The molecule has 2 aliphatic rings. The second-order valence-corrected chi connectivity index (χ2v) is 14.6. The highest BCUT2D eigenvalue weighted by atomic mass is 35.5. The van der Waals surface area contributed by atoms with Crippen molar-refractivity contribution in [1.82, 2.24) is 29.7 Å². The Balaban J connectivity index is 1.16. The first-order valence-corrected chi connectivity index (χ1v) is 18.6. The van der Waals surface area contributed by atoms with E-state index in [1.54, 1.807) is 24.4 Å². The van der Waals surface area contributed by atoms with Gasteiger partial charge in [0.05, 0.1) is 35.4 Å². The molecule has 1 saturated carbocycles. The van der Waals surface area contributed by atoms with Crippen molar-refractivity contribution in [1.29, 1.82) is 0 Å². The number of benzene rings is 2. The molecule has 0 radical (unpaired) electrons. The fourth-order valence-electron chi connectivity index (χ4n) is 7.56. The number of alkyl halides is 2. The van der Waals surface area contributed by atoms with Crippen LogP contribution in [0.3, 0.4) is 0 Å². The molecule has 0 unspecified atom stereocenters. The van der Waals surface area contributed by atoms with Crippen molar-refractivity contribution in [2.45, 2.75) is 70.7 Å². The second-order valence-electron chi connectivity index (χ2n) is 14.2. The van der Waals surface area contributed by atoms with E-state index in [4.69, 9.17) is 25.4 Å². The van der Waals surface area contributed by atoms with Crippen LogP contribution in [0, 0.1) is 12.8 Å². The highest BCUT2D eigenvalue weighted by Gasteiger charge is 2.29. The minimum absolute atomic E-state index is 0.0306. The predicted molar refractivity (Wildman–Crippen MR) is 208 cm³/mol. The van der Waals surface area contributed by atoms with E-state index in [1.165, 1.54) is 12.0 Å². The molecule has 0 bridgehead atoms. The molecule has 1 saturated heterocycles. The van der Waals surface area contributed by atoms with Crippen molar-refractivity contribution < 1.29 is 32.6 Å². The maximum Gasteiger partial charge on any atom is 0.306 e. The molecule has 4 heterocycles. The zero-order valence-corrected chi connectivity index (χ0v) is 31.2. The smallest absolute Gasteiger partial charge is 0.306 e. The monoisotopic (exact) mass is 774 g/mol. The number of ether oxygens (including phenoxy) is 1. The van der Waals surface area contributed by atoms with Crippen LogP contribution in [0.5, 0.6) is 5.88 Å². The number of aliphatic hydroxyl groups is 1. The number of aliphatic hydroxyl groups excluding tert-OH is 1. The number of fused-ring (bicyclic) bond motifs is 1. The molecule has 0 spiro atoms. The van der Waals surface area contributed by atoms with Crippen molar-refractivity contribution in [3.05, 3.63) is 88.3 Å². The molecule has 1 atom stereocenters. The van der Waals surface area contributed by atoms with Crippen LogP contribution in [-0.2, 0) is 17.9 Å². The van der Waals surface area contributed by atoms with Crippen LogP contribution >= 0.6 is 11.6 Å². The van der Waals surface area contributed by atoms with Gasteiger partial charge >= 0.3 is 5.97 Å². The molecule has 2 aromatic carbocycles. The lowest BCUT2D eigenvalue weighted by atomic mass is 9.85. The van der Waals surface area contributed by atoms with Crippen LogP contribution in [0.1, 0.15) is 65.2 Å².